The number of halogens is 2. The van der Waals surface area contributed by atoms with E-state index < -0.39 is 23.3 Å². The molecule has 1 heterocycles. The van der Waals surface area contributed by atoms with Crippen LogP contribution in [0, 0.1) is 11.6 Å². The molecule has 2 rings (SSSR count). The van der Waals surface area contributed by atoms with Crippen molar-refractivity contribution >= 4 is 23.2 Å². The first kappa shape index (κ1) is 15.4. The maximum atomic E-state index is 13.6. The van der Waals surface area contributed by atoms with Crippen LogP contribution in [0.3, 0.4) is 0 Å². The van der Waals surface area contributed by atoms with Crippen LogP contribution in [0.25, 0.3) is 10.6 Å². The second-order valence-corrected chi connectivity index (χ2v) is 6.15. The number of anilines is 1. The fraction of sp³-hybridized carbons (Fsp3) is 0.286. The molecule has 112 valence electrons. The van der Waals surface area contributed by atoms with E-state index in [4.69, 9.17) is 4.74 Å². The summed E-state index contributed by atoms with van der Waals surface area (Å²) in [6.07, 6.45) is -0.640. The summed E-state index contributed by atoms with van der Waals surface area (Å²) < 4.78 is 31.6. The van der Waals surface area contributed by atoms with E-state index in [0.717, 1.165) is 23.5 Å². The summed E-state index contributed by atoms with van der Waals surface area (Å²) >= 11 is 1.14. The molecule has 0 aliphatic carbocycles. The Labute approximate surface area is 124 Å². The van der Waals surface area contributed by atoms with Crippen molar-refractivity contribution in [2.45, 2.75) is 26.4 Å². The van der Waals surface area contributed by atoms with Crippen molar-refractivity contribution in [3.05, 3.63) is 35.2 Å². The van der Waals surface area contributed by atoms with E-state index in [9.17, 15) is 13.6 Å². The molecule has 0 radical (unpaired) electrons. The molecule has 0 aliphatic heterocycles. The van der Waals surface area contributed by atoms with Crippen LogP contribution in [0.15, 0.2) is 23.6 Å². The first-order valence-electron chi connectivity index (χ1n) is 6.15. The van der Waals surface area contributed by atoms with Gasteiger partial charge in [-0.2, -0.15) is 0 Å². The van der Waals surface area contributed by atoms with Crippen LogP contribution in [-0.2, 0) is 4.74 Å². The third-order valence-electron chi connectivity index (χ3n) is 2.29. The number of amides is 1. The Hall–Kier alpha value is -2.02. The molecule has 0 saturated carbocycles. The van der Waals surface area contributed by atoms with Gasteiger partial charge in [0.05, 0.1) is 0 Å². The molecule has 0 fully saturated rings. The molecule has 0 atom stereocenters. The SMILES string of the molecule is CC(C)(C)OC(=O)Nc1csc(-c2ccc(F)cc2F)n1. The number of thiazole rings is 1. The number of aromatic nitrogens is 1. The number of ether oxygens (including phenoxy) is 1. The van der Waals surface area contributed by atoms with E-state index in [1.165, 1.54) is 6.07 Å². The second-order valence-electron chi connectivity index (χ2n) is 5.29. The highest BCUT2D eigenvalue weighted by atomic mass is 32.1. The number of benzene rings is 1. The summed E-state index contributed by atoms with van der Waals surface area (Å²) in [7, 11) is 0. The van der Waals surface area contributed by atoms with Crippen LogP contribution in [0.4, 0.5) is 19.4 Å². The molecule has 2 aromatic rings. The van der Waals surface area contributed by atoms with Crippen LogP contribution in [-0.4, -0.2) is 16.7 Å². The Morgan fingerprint density at radius 3 is 2.67 bits per heavy atom. The summed E-state index contributed by atoms with van der Waals surface area (Å²) in [4.78, 5) is 15.7. The molecule has 1 aromatic heterocycles. The monoisotopic (exact) mass is 312 g/mol. The van der Waals surface area contributed by atoms with Crippen LogP contribution in [0.1, 0.15) is 20.8 Å². The van der Waals surface area contributed by atoms with Gasteiger partial charge in [0.15, 0.2) is 0 Å². The zero-order chi connectivity index (χ0) is 15.6. The number of carbonyl (C=O) groups is 1. The van der Waals surface area contributed by atoms with Crippen LogP contribution in [0.5, 0.6) is 0 Å². The van der Waals surface area contributed by atoms with E-state index >= 15 is 0 Å². The van der Waals surface area contributed by atoms with Gasteiger partial charge >= 0.3 is 6.09 Å². The molecule has 21 heavy (non-hydrogen) atoms. The zero-order valence-corrected chi connectivity index (χ0v) is 12.6. The van der Waals surface area contributed by atoms with E-state index in [1.54, 1.807) is 26.2 Å². The lowest BCUT2D eigenvalue weighted by molar-refractivity contribution is 0.0635. The summed E-state index contributed by atoms with van der Waals surface area (Å²) in [5.41, 5.74) is -0.440. The summed E-state index contributed by atoms with van der Waals surface area (Å²) in [6.45, 7) is 5.23. The van der Waals surface area contributed by atoms with Crippen molar-refractivity contribution in [1.29, 1.82) is 0 Å². The minimum Gasteiger partial charge on any atom is -0.444 e. The molecule has 0 aliphatic rings. The molecule has 1 N–H and O–H groups in total. The number of rotatable bonds is 2. The van der Waals surface area contributed by atoms with Crippen LogP contribution in [0.2, 0.25) is 0 Å². The van der Waals surface area contributed by atoms with Crippen LogP contribution >= 0.6 is 11.3 Å². The Morgan fingerprint density at radius 2 is 2.05 bits per heavy atom. The van der Waals surface area contributed by atoms with Crippen molar-refractivity contribution in [3.8, 4) is 10.6 Å². The lowest BCUT2D eigenvalue weighted by atomic mass is 10.2. The minimum atomic E-state index is -0.701. The lowest BCUT2D eigenvalue weighted by Crippen LogP contribution is -2.27. The summed E-state index contributed by atoms with van der Waals surface area (Å²) in [5.74, 6) is -1.10. The third kappa shape index (κ3) is 4.22. The maximum Gasteiger partial charge on any atom is 0.413 e. The Kier molecular flexibility index (Phi) is 4.22. The first-order valence-corrected chi connectivity index (χ1v) is 7.03. The molecule has 7 heteroatoms. The van der Waals surface area contributed by atoms with Gasteiger partial charge in [0.25, 0.3) is 0 Å². The quantitative estimate of drug-likeness (QED) is 0.892. The van der Waals surface area contributed by atoms with Gasteiger partial charge in [-0.25, -0.2) is 18.6 Å². The Bertz CT molecular complexity index is 665. The van der Waals surface area contributed by atoms with Crippen molar-refractivity contribution in [3.63, 3.8) is 0 Å². The van der Waals surface area contributed by atoms with Gasteiger partial charge < -0.3 is 4.74 Å². The number of nitrogens with one attached hydrogen (secondary N) is 1. The molecule has 1 aromatic carbocycles. The molecule has 0 saturated heterocycles. The molecular formula is C14H14F2N2O2S. The topological polar surface area (TPSA) is 51.2 Å². The highest BCUT2D eigenvalue weighted by Gasteiger charge is 2.17. The third-order valence-corrected chi connectivity index (χ3v) is 3.17. The number of hydrogen-bond donors (Lipinski definition) is 1. The van der Waals surface area contributed by atoms with Crippen LogP contribution < -0.4 is 5.32 Å². The lowest BCUT2D eigenvalue weighted by Gasteiger charge is -2.19. The largest absolute Gasteiger partial charge is 0.444 e. The summed E-state index contributed by atoms with van der Waals surface area (Å²) in [6, 6.07) is 3.25. The molecular weight excluding hydrogens is 298 g/mol. The molecule has 0 unspecified atom stereocenters. The molecule has 4 nitrogen and oxygen atoms in total. The predicted molar refractivity (Wildman–Crippen MR) is 77.3 cm³/mol. The average Bonchev–Trinajstić information content (AvgIpc) is 2.74. The maximum absolute atomic E-state index is 13.6. The van der Waals surface area contributed by atoms with E-state index in [0.29, 0.717) is 5.01 Å². The van der Waals surface area contributed by atoms with Gasteiger partial charge in [-0.05, 0) is 32.9 Å². The molecule has 0 spiro atoms. The minimum absolute atomic E-state index is 0.179. The average molecular weight is 312 g/mol. The van der Waals surface area contributed by atoms with Gasteiger partial charge in [0, 0.05) is 17.0 Å². The fourth-order valence-corrected chi connectivity index (χ4v) is 2.30. The summed E-state index contributed by atoms with van der Waals surface area (Å²) in [5, 5.41) is 4.36. The smallest absolute Gasteiger partial charge is 0.413 e. The van der Waals surface area contributed by atoms with Gasteiger partial charge in [0.1, 0.15) is 28.1 Å². The van der Waals surface area contributed by atoms with Crippen molar-refractivity contribution in [2.75, 3.05) is 5.32 Å². The van der Waals surface area contributed by atoms with Crippen molar-refractivity contribution < 1.29 is 18.3 Å². The van der Waals surface area contributed by atoms with Gasteiger partial charge in [-0.3, -0.25) is 5.32 Å². The van der Waals surface area contributed by atoms with Crippen molar-refractivity contribution in [2.24, 2.45) is 0 Å². The Morgan fingerprint density at radius 1 is 1.33 bits per heavy atom. The highest BCUT2D eigenvalue weighted by Crippen LogP contribution is 2.28. The number of hydrogen-bond acceptors (Lipinski definition) is 4. The van der Waals surface area contributed by atoms with Crippen molar-refractivity contribution in [1.82, 2.24) is 4.98 Å². The van der Waals surface area contributed by atoms with Gasteiger partial charge in [-0.1, -0.05) is 0 Å². The molecule has 1 amide bonds. The standard InChI is InChI=1S/C14H14F2N2O2S/c1-14(2,3)20-13(19)18-11-7-21-12(17-11)9-5-4-8(15)6-10(9)16/h4-7H,1-3H3,(H,18,19). The van der Waals surface area contributed by atoms with E-state index in [2.05, 4.69) is 10.3 Å². The first-order chi connectivity index (χ1) is 9.74. The zero-order valence-electron chi connectivity index (χ0n) is 11.7. The fourth-order valence-electron chi connectivity index (χ4n) is 1.53. The van der Waals surface area contributed by atoms with E-state index in [1.807, 2.05) is 0 Å². The number of carbonyl (C=O) groups excluding carboxylic acids is 1. The van der Waals surface area contributed by atoms with Gasteiger partial charge in [0.2, 0.25) is 0 Å². The Balaban J connectivity index is 2.13. The molecule has 0 bridgehead atoms. The second kappa shape index (κ2) is 5.77. The number of nitrogens with zero attached hydrogens (tertiary/aromatic N) is 1. The predicted octanol–water partition coefficient (Wildman–Crippen LogP) is 4.44. The van der Waals surface area contributed by atoms with Gasteiger partial charge in [-0.15, -0.1) is 11.3 Å². The normalized spacial score (nSPS) is 11.3. The highest BCUT2D eigenvalue weighted by molar-refractivity contribution is 7.13. The van der Waals surface area contributed by atoms with E-state index in [-0.39, 0.29) is 11.4 Å².